The van der Waals surface area contributed by atoms with Gasteiger partial charge in [-0.05, 0) is 44.5 Å². The molecule has 1 aliphatic heterocycles. The van der Waals surface area contributed by atoms with Crippen LogP contribution in [0.3, 0.4) is 0 Å². The number of alkyl carbamates (subject to hydrolysis) is 1. The maximum atomic E-state index is 14.9. The van der Waals surface area contributed by atoms with Crippen molar-refractivity contribution >= 4 is 33.1 Å². The molecular weight excluding hydrogens is 463 g/mol. The van der Waals surface area contributed by atoms with E-state index < -0.39 is 44.7 Å². The lowest BCUT2D eigenvalue weighted by atomic mass is 10.0. The van der Waals surface area contributed by atoms with E-state index in [0.717, 1.165) is 5.52 Å². The highest BCUT2D eigenvalue weighted by atomic mass is 32.2. The Hall–Kier alpha value is -3.47. The number of imidazole rings is 1. The summed E-state index contributed by atoms with van der Waals surface area (Å²) in [6.07, 6.45) is -0.831. The summed E-state index contributed by atoms with van der Waals surface area (Å²) in [4.78, 5) is 31.7. The second-order valence-corrected chi connectivity index (χ2v) is 11.0. The van der Waals surface area contributed by atoms with Gasteiger partial charge in [-0.2, -0.15) is 0 Å². The van der Waals surface area contributed by atoms with Crippen LogP contribution in [-0.2, 0) is 26.0 Å². The number of para-hydroxylation sites is 2. The molecule has 1 fully saturated rings. The van der Waals surface area contributed by atoms with Gasteiger partial charge in [0.05, 0.1) is 23.5 Å². The highest BCUT2D eigenvalue weighted by Gasteiger charge is 2.39. The van der Waals surface area contributed by atoms with Gasteiger partial charge in [0.15, 0.2) is 0 Å². The monoisotopic (exact) mass is 488 g/mol. The minimum absolute atomic E-state index is 0.0810. The first-order valence-electron chi connectivity index (χ1n) is 10.7. The second-order valence-electron chi connectivity index (χ2n) is 9.16. The van der Waals surface area contributed by atoms with Gasteiger partial charge in [-0.1, -0.05) is 24.3 Å². The molecule has 3 aromatic rings. The quantitative estimate of drug-likeness (QED) is 0.505. The smallest absolute Gasteiger partial charge is 0.408 e. The van der Waals surface area contributed by atoms with Gasteiger partial charge in [0.2, 0.25) is 15.9 Å². The Bertz CT molecular complexity index is 1330. The molecular formula is C23H25FN4O5S. The van der Waals surface area contributed by atoms with E-state index >= 15 is 0 Å². The van der Waals surface area contributed by atoms with E-state index in [0.29, 0.717) is 16.9 Å². The topological polar surface area (TPSA) is 130 Å². The lowest BCUT2D eigenvalue weighted by Crippen LogP contribution is -2.36. The number of carbonyl (C=O) groups is 2. The zero-order chi connectivity index (χ0) is 24.7. The molecule has 0 bridgehead atoms. The average molecular weight is 489 g/mol. The van der Waals surface area contributed by atoms with Crippen molar-refractivity contribution in [2.45, 2.75) is 50.5 Å². The number of nitrogens with one attached hydrogen (secondary N) is 3. The molecule has 4 rings (SSSR count). The molecule has 2 heterocycles. The minimum Gasteiger partial charge on any atom is -0.444 e. The third kappa shape index (κ3) is 5.19. The Morgan fingerprint density at radius 2 is 2.00 bits per heavy atom. The van der Waals surface area contributed by atoms with Gasteiger partial charge in [0.25, 0.3) is 0 Å². The Labute approximate surface area is 196 Å². The molecule has 9 nitrogen and oxygen atoms in total. The van der Waals surface area contributed by atoms with Gasteiger partial charge in [-0.3, -0.25) is 9.52 Å². The molecule has 2 atom stereocenters. The number of amides is 2. The zero-order valence-electron chi connectivity index (χ0n) is 18.9. The molecule has 34 heavy (non-hydrogen) atoms. The third-order valence-corrected chi connectivity index (χ3v) is 6.96. The van der Waals surface area contributed by atoms with Crippen LogP contribution in [0.15, 0.2) is 42.5 Å². The van der Waals surface area contributed by atoms with Gasteiger partial charge < -0.3 is 15.0 Å². The van der Waals surface area contributed by atoms with E-state index in [4.69, 9.17) is 4.74 Å². The molecule has 1 aliphatic rings. The van der Waals surface area contributed by atoms with Crippen molar-refractivity contribution in [3.63, 3.8) is 0 Å². The van der Waals surface area contributed by atoms with E-state index in [9.17, 15) is 22.4 Å². The van der Waals surface area contributed by atoms with Crippen molar-refractivity contribution in [1.82, 2.24) is 20.0 Å². The number of rotatable bonds is 5. The lowest BCUT2D eigenvalue weighted by Gasteiger charge is -2.23. The molecule has 0 aliphatic carbocycles. The fourth-order valence-electron chi connectivity index (χ4n) is 3.82. The maximum Gasteiger partial charge on any atom is 0.408 e. The molecule has 2 aromatic carbocycles. The molecule has 11 heteroatoms. The van der Waals surface area contributed by atoms with Crippen LogP contribution >= 0.6 is 0 Å². The van der Waals surface area contributed by atoms with Crippen LogP contribution in [0, 0.1) is 5.82 Å². The van der Waals surface area contributed by atoms with Gasteiger partial charge in [-0.15, -0.1) is 0 Å². The molecule has 3 N–H and O–H groups in total. The predicted octanol–water partition coefficient (Wildman–Crippen LogP) is 3.40. The van der Waals surface area contributed by atoms with Crippen molar-refractivity contribution in [1.29, 1.82) is 0 Å². The average Bonchev–Trinajstić information content (AvgIpc) is 3.25. The summed E-state index contributed by atoms with van der Waals surface area (Å²) in [6.45, 7) is 5.23. The van der Waals surface area contributed by atoms with Crippen LogP contribution in [-0.4, -0.2) is 36.0 Å². The Kier molecular flexibility index (Phi) is 6.07. The number of hydrogen-bond donors (Lipinski definition) is 3. The Balaban J connectivity index is 1.62. The number of aromatic amines is 1. The van der Waals surface area contributed by atoms with E-state index in [1.165, 1.54) is 12.1 Å². The van der Waals surface area contributed by atoms with Gasteiger partial charge in [-0.25, -0.2) is 22.6 Å². The summed E-state index contributed by atoms with van der Waals surface area (Å²) in [5.74, 6) is -0.951. The molecule has 2 amide bonds. The summed E-state index contributed by atoms with van der Waals surface area (Å²) < 4.78 is 46.4. The molecule has 0 spiro atoms. The summed E-state index contributed by atoms with van der Waals surface area (Å²) >= 11 is 0. The molecule has 0 saturated carbocycles. The maximum absolute atomic E-state index is 14.9. The van der Waals surface area contributed by atoms with Crippen molar-refractivity contribution in [2.24, 2.45) is 0 Å². The minimum atomic E-state index is -3.97. The lowest BCUT2D eigenvalue weighted by molar-refractivity contribution is -0.118. The third-order valence-electron chi connectivity index (χ3n) is 5.28. The summed E-state index contributed by atoms with van der Waals surface area (Å²) in [5.41, 5.74) is 1.19. The van der Waals surface area contributed by atoms with Crippen LogP contribution < -0.4 is 10.0 Å². The number of carbonyl (C=O) groups excluding carboxylic acids is 2. The van der Waals surface area contributed by atoms with Crippen LogP contribution in [0.4, 0.5) is 9.18 Å². The van der Waals surface area contributed by atoms with Crippen molar-refractivity contribution in [3.05, 3.63) is 65.2 Å². The highest BCUT2D eigenvalue weighted by molar-refractivity contribution is 7.90. The van der Waals surface area contributed by atoms with E-state index in [1.54, 1.807) is 26.8 Å². The van der Waals surface area contributed by atoms with Gasteiger partial charge in [0.1, 0.15) is 22.5 Å². The Morgan fingerprint density at radius 3 is 2.62 bits per heavy atom. The number of hydrogen-bond acceptors (Lipinski definition) is 6. The standard InChI is InChI=1S/C23H25FN4O5S/c1-23(2,3)33-22(30)27-18(21-25-16-6-4-5-7-17(16)26-21)11-13-8-9-14(15(24)10-13)19-12-20(29)28-34(19,31)32/h4-10,18-19H,11-12H2,1-3H3,(H,25,26)(H,27,30)(H,28,29)/t18-,19-/m0/s1. The molecule has 0 unspecified atom stereocenters. The number of ether oxygens (including phenoxy) is 1. The first-order chi connectivity index (χ1) is 15.9. The van der Waals surface area contributed by atoms with Crippen molar-refractivity contribution < 1.29 is 27.1 Å². The van der Waals surface area contributed by atoms with Crippen LogP contribution in [0.1, 0.15) is 55.4 Å². The van der Waals surface area contributed by atoms with Crippen LogP contribution in [0.5, 0.6) is 0 Å². The largest absolute Gasteiger partial charge is 0.444 e. The van der Waals surface area contributed by atoms with Gasteiger partial charge >= 0.3 is 6.09 Å². The SMILES string of the molecule is CC(C)(C)OC(=O)N[C@@H](Cc1ccc([C@@H]2CC(=O)NS2(=O)=O)c(F)c1)c1nc2ccccc2[nH]1. The molecule has 1 aromatic heterocycles. The zero-order valence-corrected chi connectivity index (χ0v) is 19.7. The number of sulfonamides is 1. The van der Waals surface area contributed by atoms with Crippen LogP contribution in [0.2, 0.25) is 0 Å². The summed E-state index contributed by atoms with van der Waals surface area (Å²) in [6, 6.07) is 10.8. The van der Waals surface area contributed by atoms with E-state index in [-0.39, 0.29) is 18.4 Å². The first kappa shape index (κ1) is 23.7. The number of H-pyrrole nitrogens is 1. The first-order valence-corrected chi connectivity index (χ1v) is 12.2. The number of aromatic nitrogens is 2. The second kappa shape index (κ2) is 8.71. The van der Waals surface area contributed by atoms with Crippen LogP contribution in [0.25, 0.3) is 11.0 Å². The van der Waals surface area contributed by atoms with Crippen molar-refractivity contribution in [2.75, 3.05) is 0 Å². The number of fused-ring (bicyclic) bond motifs is 1. The molecule has 0 radical (unpaired) electrons. The Morgan fingerprint density at radius 1 is 1.26 bits per heavy atom. The van der Waals surface area contributed by atoms with Gasteiger partial charge in [0, 0.05) is 12.0 Å². The molecule has 1 saturated heterocycles. The fraction of sp³-hybridized carbons (Fsp3) is 0.348. The summed E-state index contributed by atoms with van der Waals surface area (Å²) in [7, 11) is -3.97. The highest BCUT2D eigenvalue weighted by Crippen LogP contribution is 2.32. The predicted molar refractivity (Wildman–Crippen MR) is 123 cm³/mol. The van der Waals surface area contributed by atoms with E-state index in [1.807, 2.05) is 29.0 Å². The van der Waals surface area contributed by atoms with Crippen molar-refractivity contribution in [3.8, 4) is 0 Å². The number of nitrogens with zero attached hydrogens (tertiary/aromatic N) is 1. The normalized spacial score (nSPS) is 18.5. The molecule has 180 valence electrons. The number of benzene rings is 2. The number of halogens is 1. The van der Waals surface area contributed by atoms with E-state index in [2.05, 4.69) is 15.3 Å². The fourth-order valence-corrected chi connectivity index (χ4v) is 5.26. The summed E-state index contributed by atoms with van der Waals surface area (Å²) in [5, 5.41) is 1.50.